The fourth-order valence-corrected chi connectivity index (χ4v) is 2.56. The van der Waals surface area contributed by atoms with Gasteiger partial charge < -0.3 is 20.0 Å². The number of benzene rings is 2. The Balaban J connectivity index is 1.52. The summed E-state index contributed by atoms with van der Waals surface area (Å²) in [5, 5.41) is 2.63. The molecule has 1 aromatic heterocycles. The molecule has 27 heavy (non-hydrogen) atoms. The van der Waals surface area contributed by atoms with Crippen molar-refractivity contribution in [1.29, 1.82) is 0 Å². The van der Waals surface area contributed by atoms with Crippen LogP contribution in [-0.4, -0.2) is 27.9 Å². The smallest absolute Gasteiger partial charge is 0.323 e. The highest BCUT2D eigenvalue weighted by Gasteiger charge is 2.18. The first-order chi connectivity index (χ1) is 12.9. The number of carbonyl (C=O) groups excluding carboxylic acids is 2. The summed E-state index contributed by atoms with van der Waals surface area (Å²) < 4.78 is 18.0. The zero-order chi connectivity index (χ0) is 19.4. The molecule has 0 aliphatic carbocycles. The molecule has 0 radical (unpaired) electrons. The fourth-order valence-electron chi connectivity index (χ4n) is 2.56. The molecule has 0 spiro atoms. The van der Waals surface area contributed by atoms with Gasteiger partial charge in [0.1, 0.15) is 5.82 Å². The van der Waals surface area contributed by atoms with Gasteiger partial charge in [-0.3, -0.25) is 9.59 Å². The van der Waals surface area contributed by atoms with Crippen molar-refractivity contribution in [3.8, 4) is 0 Å². The predicted molar refractivity (Wildman–Crippen MR) is 97.8 cm³/mol. The fraction of sp³-hybridized carbons (Fsp3) is 0.211. The van der Waals surface area contributed by atoms with Crippen LogP contribution in [-0.2, 0) is 20.7 Å². The molecule has 8 heteroatoms. The van der Waals surface area contributed by atoms with Gasteiger partial charge in [0.15, 0.2) is 6.10 Å². The molecule has 3 rings (SSSR count). The van der Waals surface area contributed by atoms with Crippen LogP contribution in [0.3, 0.4) is 0 Å². The SMILES string of the molecule is C[C@@H](OC(=O)CCc1ccc(F)cc1)C(=O)Nc1ccc2[nH]c(=O)[nH]c2c1. The van der Waals surface area contributed by atoms with E-state index in [0.29, 0.717) is 23.1 Å². The molecule has 3 aromatic rings. The number of H-pyrrole nitrogens is 2. The largest absolute Gasteiger partial charge is 0.453 e. The summed E-state index contributed by atoms with van der Waals surface area (Å²) in [4.78, 5) is 40.6. The van der Waals surface area contributed by atoms with E-state index in [0.717, 1.165) is 5.56 Å². The van der Waals surface area contributed by atoms with Gasteiger partial charge in [0, 0.05) is 12.1 Å². The number of fused-ring (bicyclic) bond motifs is 1. The average Bonchev–Trinajstić information content (AvgIpc) is 3.00. The van der Waals surface area contributed by atoms with Crippen LogP contribution in [0.5, 0.6) is 0 Å². The number of anilines is 1. The molecule has 0 aliphatic heterocycles. The molecular formula is C19H18FN3O4. The summed E-state index contributed by atoms with van der Waals surface area (Å²) in [6, 6.07) is 10.7. The number of hydrogen-bond acceptors (Lipinski definition) is 4. The van der Waals surface area contributed by atoms with Crippen LogP contribution in [0, 0.1) is 5.82 Å². The third kappa shape index (κ3) is 4.81. The second-order valence-electron chi connectivity index (χ2n) is 6.09. The van der Waals surface area contributed by atoms with Gasteiger partial charge in [-0.1, -0.05) is 12.1 Å². The second kappa shape index (κ2) is 7.86. The van der Waals surface area contributed by atoms with Crippen molar-refractivity contribution in [1.82, 2.24) is 9.97 Å². The number of halogens is 1. The molecule has 0 unspecified atom stereocenters. The van der Waals surface area contributed by atoms with Gasteiger partial charge >= 0.3 is 11.7 Å². The van der Waals surface area contributed by atoms with E-state index in [1.807, 2.05) is 0 Å². The van der Waals surface area contributed by atoms with Crippen LogP contribution < -0.4 is 11.0 Å². The van der Waals surface area contributed by atoms with E-state index in [2.05, 4.69) is 15.3 Å². The van der Waals surface area contributed by atoms with Crippen LogP contribution >= 0.6 is 0 Å². The Morgan fingerprint density at radius 3 is 2.56 bits per heavy atom. The summed E-state index contributed by atoms with van der Waals surface area (Å²) in [7, 11) is 0. The van der Waals surface area contributed by atoms with Gasteiger partial charge in [-0.2, -0.15) is 0 Å². The highest BCUT2D eigenvalue weighted by atomic mass is 19.1. The summed E-state index contributed by atoms with van der Waals surface area (Å²) in [5.41, 5.74) is 2.12. The molecule has 1 atom stereocenters. The number of aryl methyl sites for hydroxylation is 1. The lowest BCUT2D eigenvalue weighted by atomic mass is 10.1. The molecule has 0 saturated heterocycles. The van der Waals surface area contributed by atoms with Gasteiger partial charge in [-0.25, -0.2) is 9.18 Å². The summed E-state index contributed by atoms with van der Waals surface area (Å²) in [5.74, 6) is -1.34. The molecule has 0 saturated carbocycles. The van der Waals surface area contributed by atoms with E-state index >= 15 is 0 Å². The Kier molecular flexibility index (Phi) is 5.35. The Morgan fingerprint density at radius 1 is 1.11 bits per heavy atom. The zero-order valence-electron chi connectivity index (χ0n) is 14.5. The van der Waals surface area contributed by atoms with Crippen molar-refractivity contribution in [3.05, 3.63) is 64.3 Å². The first-order valence-electron chi connectivity index (χ1n) is 8.37. The van der Waals surface area contributed by atoms with E-state index in [9.17, 15) is 18.8 Å². The van der Waals surface area contributed by atoms with Crippen molar-refractivity contribution >= 4 is 28.6 Å². The maximum Gasteiger partial charge on any atom is 0.323 e. The number of amides is 1. The number of ether oxygens (including phenoxy) is 1. The molecule has 1 heterocycles. The van der Waals surface area contributed by atoms with Crippen LogP contribution in [0.2, 0.25) is 0 Å². The van der Waals surface area contributed by atoms with Crippen molar-refractivity contribution in [2.75, 3.05) is 5.32 Å². The van der Waals surface area contributed by atoms with Gasteiger partial charge in [-0.15, -0.1) is 0 Å². The second-order valence-corrected chi connectivity index (χ2v) is 6.09. The van der Waals surface area contributed by atoms with Crippen molar-refractivity contribution in [2.45, 2.75) is 25.9 Å². The van der Waals surface area contributed by atoms with Crippen molar-refractivity contribution in [2.24, 2.45) is 0 Å². The lowest BCUT2D eigenvalue weighted by Gasteiger charge is -2.13. The van der Waals surface area contributed by atoms with E-state index in [1.54, 1.807) is 30.3 Å². The summed E-state index contributed by atoms with van der Waals surface area (Å²) in [6.45, 7) is 1.47. The number of aromatic nitrogens is 2. The van der Waals surface area contributed by atoms with E-state index in [4.69, 9.17) is 4.74 Å². The lowest BCUT2D eigenvalue weighted by Crippen LogP contribution is -2.30. The Hall–Kier alpha value is -3.42. The first kappa shape index (κ1) is 18.4. The number of rotatable bonds is 6. The van der Waals surface area contributed by atoms with Crippen molar-refractivity contribution < 1.29 is 18.7 Å². The van der Waals surface area contributed by atoms with Crippen LogP contribution in [0.25, 0.3) is 11.0 Å². The minimum absolute atomic E-state index is 0.0831. The highest BCUT2D eigenvalue weighted by molar-refractivity contribution is 5.96. The first-order valence-corrected chi connectivity index (χ1v) is 8.37. The van der Waals surface area contributed by atoms with Gasteiger partial charge in [-0.05, 0) is 49.2 Å². The Labute approximate surface area is 153 Å². The van der Waals surface area contributed by atoms with Crippen LogP contribution in [0.15, 0.2) is 47.3 Å². The minimum Gasteiger partial charge on any atom is -0.453 e. The number of nitrogens with one attached hydrogen (secondary N) is 3. The molecule has 1 amide bonds. The molecular weight excluding hydrogens is 353 g/mol. The molecule has 140 valence electrons. The van der Waals surface area contributed by atoms with Gasteiger partial charge in [0.2, 0.25) is 0 Å². The Bertz CT molecular complexity index is 1020. The standard InChI is InChI=1S/C19H18FN3O4/c1-11(27-17(24)9-4-12-2-5-13(20)6-3-12)18(25)21-14-7-8-15-16(10-14)23-19(26)22-15/h2-3,5-8,10-11H,4,9H2,1H3,(H,21,25)(H2,22,23,26)/t11-/m1/s1. The molecule has 2 aromatic carbocycles. The molecule has 0 bridgehead atoms. The van der Waals surface area contributed by atoms with Crippen molar-refractivity contribution in [3.63, 3.8) is 0 Å². The van der Waals surface area contributed by atoms with E-state index in [1.165, 1.54) is 19.1 Å². The summed E-state index contributed by atoms with van der Waals surface area (Å²) >= 11 is 0. The zero-order valence-corrected chi connectivity index (χ0v) is 14.5. The number of aromatic amines is 2. The lowest BCUT2D eigenvalue weighted by molar-refractivity contribution is -0.153. The van der Waals surface area contributed by atoms with E-state index < -0.39 is 18.0 Å². The predicted octanol–water partition coefficient (Wildman–Crippen LogP) is 2.50. The summed E-state index contributed by atoms with van der Waals surface area (Å²) in [6.07, 6.45) is -0.503. The molecule has 7 nitrogen and oxygen atoms in total. The average molecular weight is 371 g/mol. The topological polar surface area (TPSA) is 104 Å². The monoisotopic (exact) mass is 371 g/mol. The number of esters is 1. The Morgan fingerprint density at radius 2 is 1.81 bits per heavy atom. The maximum atomic E-state index is 12.9. The minimum atomic E-state index is -0.980. The third-order valence-electron chi connectivity index (χ3n) is 3.99. The number of imidazole rings is 1. The quantitative estimate of drug-likeness (QED) is 0.579. The third-order valence-corrected chi connectivity index (χ3v) is 3.99. The molecule has 0 aliphatic rings. The van der Waals surface area contributed by atoms with Crippen LogP contribution in [0.4, 0.5) is 10.1 Å². The van der Waals surface area contributed by atoms with Gasteiger partial charge in [0.05, 0.1) is 11.0 Å². The van der Waals surface area contributed by atoms with Gasteiger partial charge in [0.25, 0.3) is 5.91 Å². The molecule has 3 N–H and O–H groups in total. The number of hydrogen-bond donors (Lipinski definition) is 3. The normalized spacial score (nSPS) is 11.9. The molecule has 0 fully saturated rings. The maximum absolute atomic E-state index is 12.9. The number of carbonyl (C=O) groups is 2. The van der Waals surface area contributed by atoms with Crippen LogP contribution in [0.1, 0.15) is 18.9 Å². The highest BCUT2D eigenvalue weighted by Crippen LogP contribution is 2.15. The van der Waals surface area contributed by atoms with E-state index in [-0.39, 0.29) is 17.9 Å².